The molecular weight excluding hydrogens is 267 g/mol. The molecule has 0 bridgehead atoms. The number of para-hydroxylation sites is 2. The number of nitrogens with zero attached hydrogens (tertiary/aromatic N) is 2. The van der Waals surface area contributed by atoms with Crippen molar-refractivity contribution in [1.82, 2.24) is 0 Å². The van der Waals surface area contributed by atoms with E-state index in [0.29, 0.717) is 11.4 Å². The topological polar surface area (TPSA) is 8.72 Å². The first-order valence-corrected chi connectivity index (χ1v) is 4.72. The monoisotopic (exact) mass is 276 g/mol. The second kappa shape index (κ2) is 11.5. The first kappa shape index (κ1) is 18.4. The lowest BCUT2D eigenvalue weighted by Crippen LogP contribution is -3.00. The molecule has 0 spiro atoms. The predicted molar refractivity (Wildman–Crippen MR) is 65.4 cm³/mol. The third kappa shape index (κ3) is 7.30. The lowest BCUT2D eigenvalue weighted by molar-refractivity contribution is -0.001000. The lowest BCUT2D eigenvalue weighted by Gasteiger charge is -1.80. The summed E-state index contributed by atoms with van der Waals surface area (Å²) in [5.74, 6) is 0. The summed E-state index contributed by atoms with van der Waals surface area (Å²) in [6.45, 7) is 13.1. The van der Waals surface area contributed by atoms with Gasteiger partial charge in [0.2, 0.25) is 0 Å². The van der Waals surface area contributed by atoms with Crippen molar-refractivity contribution in [3.05, 3.63) is 83.5 Å². The van der Waals surface area contributed by atoms with E-state index in [-0.39, 0.29) is 24.8 Å². The molecule has 0 aliphatic rings. The Morgan fingerprint density at radius 1 is 0.556 bits per heavy atom. The van der Waals surface area contributed by atoms with E-state index >= 15 is 0 Å². The highest BCUT2D eigenvalue weighted by atomic mass is 35.5. The molecule has 0 aliphatic carbocycles. The van der Waals surface area contributed by atoms with Gasteiger partial charge in [0.1, 0.15) is 0 Å². The molecule has 0 aromatic heterocycles. The zero-order valence-corrected chi connectivity index (χ0v) is 10.9. The standard InChI is InChI=1S/2C7H5N.2ClH/c2*1-8-7-5-3-2-4-6-7;;/h2*2-6H;2*1H/p-2. The van der Waals surface area contributed by atoms with Crippen LogP contribution in [0.25, 0.3) is 9.69 Å². The second-order valence-corrected chi connectivity index (χ2v) is 2.89. The zero-order valence-electron chi connectivity index (χ0n) is 9.42. The summed E-state index contributed by atoms with van der Waals surface area (Å²) in [5, 5.41) is 0. The maximum atomic E-state index is 6.57. The summed E-state index contributed by atoms with van der Waals surface area (Å²) in [4.78, 5) is 6.44. The molecule has 0 saturated carbocycles. The molecule has 18 heavy (non-hydrogen) atoms. The van der Waals surface area contributed by atoms with E-state index in [4.69, 9.17) is 13.1 Å². The van der Waals surface area contributed by atoms with Crippen LogP contribution in [0.3, 0.4) is 0 Å². The molecular formula is C14H10Cl2N2-2. The Hall–Kier alpha value is -2.00. The minimum Gasteiger partial charge on any atom is -1.00 e. The van der Waals surface area contributed by atoms with Crippen molar-refractivity contribution < 1.29 is 24.8 Å². The minimum atomic E-state index is 0. The molecule has 0 heterocycles. The summed E-state index contributed by atoms with van der Waals surface area (Å²) in [7, 11) is 0. The van der Waals surface area contributed by atoms with Crippen molar-refractivity contribution in [1.29, 1.82) is 0 Å². The zero-order chi connectivity index (χ0) is 11.6. The van der Waals surface area contributed by atoms with Crippen LogP contribution in [0.5, 0.6) is 0 Å². The average Bonchev–Trinajstić information content (AvgIpc) is 2.41. The van der Waals surface area contributed by atoms with Crippen LogP contribution in [0.4, 0.5) is 11.4 Å². The molecule has 0 unspecified atom stereocenters. The Morgan fingerprint density at radius 3 is 1.00 bits per heavy atom. The lowest BCUT2D eigenvalue weighted by atomic mass is 10.3. The van der Waals surface area contributed by atoms with Gasteiger partial charge in [-0.3, -0.25) is 0 Å². The van der Waals surface area contributed by atoms with Gasteiger partial charge >= 0.3 is 0 Å². The molecule has 0 atom stereocenters. The summed E-state index contributed by atoms with van der Waals surface area (Å²) in [6, 6.07) is 18.4. The van der Waals surface area contributed by atoms with Crippen LogP contribution in [0.2, 0.25) is 0 Å². The fraction of sp³-hybridized carbons (Fsp3) is 0. The molecule has 92 valence electrons. The Kier molecular flexibility index (Phi) is 11.7. The third-order valence-electron chi connectivity index (χ3n) is 1.77. The second-order valence-electron chi connectivity index (χ2n) is 2.89. The van der Waals surface area contributed by atoms with Crippen molar-refractivity contribution in [3.63, 3.8) is 0 Å². The quantitative estimate of drug-likeness (QED) is 0.517. The Morgan fingerprint density at radius 2 is 0.833 bits per heavy atom. The van der Waals surface area contributed by atoms with E-state index in [9.17, 15) is 0 Å². The fourth-order valence-corrected chi connectivity index (χ4v) is 1.01. The van der Waals surface area contributed by atoms with E-state index in [1.165, 1.54) is 0 Å². The first-order valence-electron chi connectivity index (χ1n) is 4.72. The van der Waals surface area contributed by atoms with E-state index in [1.54, 1.807) is 24.3 Å². The number of hydrogen-bond acceptors (Lipinski definition) is 0. The Labute approximate surface area is 120 Å². The van der Waals surface area contributed by atoms with Crippen LogP contribution >= 0.6 is 0 Å². The van der Waals surface area contributed by atoms with E-state index in [2.05, 4.69) is 9.69 Å². The van der Waals surface area contributed by atoms with Crippen molar-refractivity contribution in [2.75, 3.05) is 0 Å². The molecule has 2 aromatic carbocycles. The van der Waals surface area contributed by atoms with Gasteiger partial charge in [-0.1, -0.05) is 60.7 Å². The molecule has 0 radical (unpaired) electrons. The van der Waals surface area contributed by atoms with Crippen LogP contribution in [0.1, 0.15) is 0 Å². The highest BCUT2D eigenvalue weighted by Crippen LogP contribution is 2.08. The van der Waals surface area contributed by atoms with Gasteiger partial charge in [0.25, 0.3) is 0 Å². The van der Waals surface area contributed by atoms with Gasteiger partial charge < -0.3 is 24.8 Å². The van der Waals surface area contributed by atoms with Crippen LogP contribution in [0, 0.1) is 13.1 Å². The highest BCUT2D eigenvalue weighted by Gasteiger charge is 1.80. The van der Waals surface area contributed by atoms with Crippen LogP contribution in [-0.2, 0) is 0 Å². The summed E-state index contributed by atoms with van der Waals surface area (Å²) >= 11 is 0. The van der Waals surface area contributed by atoms with Crippen molar-refractivity contribution in [2.24, 2.45) is 0 Å². The maximum Gasteiger partial charge on any atom is 0.187 e. The molecule has 4 heteroatoms. The minimum absolute atomic E-state index is 0. The van der Waals surface area contributed by atoms with Crippen molar-refractivity contribution in [3.8, 4) is 0 Å². The summed E-state index contributed by atoms with van der Waals surface area (Å²) < 4.78 is 0. The SMILES string of the molecule is [C-]#[N+]c1ccccc1.[C-]#[N+]c1ccccc1.[Cl-].[Cl-]. The maximum absolute atomic E-state index is 6.57. The van der Waals surface area contributed by atoms with Crippen LogP contribution < -0.4 is 24.8 Å². The number of benzene rings is 2. The van der Waals surface area contributed by atoms with E-state index < -0.39 is 0 Å². The van der Waals surface area contributed by atoms with Gasteiger partial charge in [-0.25, -0.2) is 9.69 Å². The van der Waals surface area contributed by atoms with Crippen molar-refractivity contribution >= 4 is 11.4 Å². The van der Waals surface area contributed by atoms with Gasteiger partial charge in [0.15, 0.2) is 11.4 Å². The molecule has 0 aliphatic heterocycles. The number of halogens is 2. The molecule has 0 fully saturated rings. The normalized spacial score (nSPS) is 7.00. The summed E-state index contributed by atoms with van der Waals surface area (Å²) in [5.41, 5.74) is 1.40. The molecule has 2 rings (SSSR count). The predicted octanol–water partition coefficient (Wildman–Crippen LogP) is -1.52. The molecule has 2 aromatic rings. The van der Waals surface area contributed by atoms with Crippen LogP contribution in [0.15, 0.2) is 60.7 Å². The van der Waals surface area contributed by atoms with E-state index in [0.717, 1.165) is 0 Å². The Balaban J connectivity index is 0. The highest BCUT2D eigenvalue weighted by molar-refractivity contribution is 5.43. The first-order chi connectivity index (χ1) is 7.86. The third-order valence-corrected chi connectivity index (χ3v) is 1.77. The van der Waals surface area contributed by atoms with Crippen LogP contribution in [-0.4, -0.2) is 0 Å². The number of rotatable bonds is 0. The van der Waals surface area contributed by atoms with Gasteiger partial charge in [-0.05, 0) is 0 Å². The fourth-order valence-electron chi connectivity index (χ4n) is 1.01. The van der Waals surface area contributed by atoms with E-state index in [1.807, 2.05) is 36.4 Å². The van der Waals surface area contributed by atoms with Gasteiger partial charge in [0, 0.05) is 0 Å². The Bertz CT molecular complexity index is 449. The van der Waals surface area contributed by atoms with Gasteiger partial charge in [0.05, 0.1) is 13.1 Å². The average molecular weight is 277 g/mol. The summed E-state index contributed by atoms with van der Waals surface area (Å²) in [6.07, 6.45) is 0. The smallest absolute Gasteiger partial charge is 0.187 e. The van der Waals surface area contributed by atoms with Gasteiger partial charge in [-0.15, -0.1) is 0 Å². The molecule has 0 saturated heterocycles. The molecule has 0 N–H and O–H groups in total. The largest absolute Gasteiger partial charge is 1.00 e. The van der Waals surface area contributed by atoms with Gasteiger partial charge in [-0.2, -0.15) is 0 Å². The molecule has 2 nitrogen and oxygen atoms in total. The van der Waals surface area contributed by atoms with Crippen molar-refractivity contribution in [2.45, 2.75) is 0 Å². The number of hydrogen-bond donors (Lipinski definition) is 0. The molecule has 0 amide bonds.